The molecule has 2 saturated heterocycles. The van der Waals surface area contributed by atoms with E-state index >= 15 is 0 Å². The standard InChI is InChI=1S/C21H29N5O4/c1-13(27)26(12-16-10-15(11-19(28)29)21(30)24-16)18-6-8-25(9-7-18)17-4-2-14(3-5-17)20(22)23/h2-5,15-16,18H,6-12H2,1H3,(H3,22,23)(H,24,30)(H,28,29)/t15-,16-/m0/s1. The maximum Gasteiger partial charge on any atom is 0.304 e. The highest BCUT2D eigenvalue weighted by Crippen LogP contribution is 2.25. The number of anilines is 1. The maximum absolute atomic E-state index is 12.3. The van der Waals surface area contributed by atoms with E-state index in [4.69, 9.17) is 16.2 Å². The molecule has 0 bridgehead atoms. The molecular weight excluding hydrogens is 386 g/mol. The average Bonchev–Trinajstić information content (AvgIpc) is 3.04. The summed E-state index contributed by atoms with van der Waals surface area (Å²) in [6.45, 7) is 3.55. The zero-order valence-electron chi connectivity index (χ0n) is 17.1. The van der Waals surface area contributed by atoms with Gasteiger partial charge in [-0.1, -0.05) is 0 Å². The van der Waals surface area contributed by atoms with Crippen molar-refractivity contribution in [1.29, 1.82) is 5.41 Å². The van der Waals surface area contributed by atoms with Crippen molar-refractivity contribution in [3.63, 3.8) is 0 Å². The van der Waals surface area contributed by atoms with Gasteiger partial charge in [-0.05, 0) is 43.5 Å². The molecule has 30 heavy (non-hydrogen) atoms. The monoisotopic (exact) mass is 415 g/mol. The summed E-state index contributed by atoms with van der Waals surface area (Å²) in [7, 11) is 0. The number of carboxylic acids is 1. The van der Waals surface area contributed by atoms with Gasteiger partial charge in [-0.15, -0.1) is 0 Å². The van der Waals surface area contributed by atoms with Gasteiger partial charge in [-0.3, -0.25) is 19.8 Å². The first-order chi connectivity index (χ1) is 14.2. The fourth-order valence-corrected chi connectivity index (χ4v) is 4.40. The first-order valence-corrected chi connectivity index (χ1v) is 10.2. The van der Waals surface area contributed by atoms with Crippen LogP contribution >= 0.6 is 0 Å². The Kier molecular flexibility index (Phi) is 6.59. The molecule has 2 amide bonds. The first-order valence-electron chi connectivity index (χ1n) is 10.2. The summed E-state index contributed by atoms with van der Waals surface area (Å²) >= 11 is 0. The lowest BCUT2D eigenvalue weighted by Gasteiger charge is -2.40. The maximum atomic E-state index is 12.3. The summed E-state index contributed by atoms with van der Waals surface area (Å²) in [5.74, 6) is -1.74. The van der Waals surface area contributed by atoms with E-state index in [9.17, 15) is 14.4 Å². The number of nitrogens with zero attached hydrogens (tertiary/aromatic N) is 2. The van der Waals surface area contributed by atoms with Gasteiger partial charge in [-0.2, -0.15) is 0 Å². The SMILES string of the molecule is CC(=O)N(C[C@@H]1C[C@@H](CC(=O)O)C(=O)N1)C1CCN(c2ccc(C(=N)N)cc2)CC1. The summed E-state index contributed by atoms with van der Waals surface area (Å²) in [5.41, 5.74) is 7.26. The van der Waals surface area contributed by atoms with Crippen LogP contribution in [-0.2, 0) is 14.4 Å². The molecule has 0 spiro atoms. The molecule has 0 aromatic heterocycles. The lowest BCUT2D eigenvalue weighted by atomic mass is 9.98. The predicted octanol–water partition coefficient (Wildman–Crippen LogP) is 0.767. The number of rotatable bonds is 7. The van der Waals surface area contributed by atoms with Crippen molar-refractivity contribution in [2.24, 2.45) is 11.7 Å². The van der Waals surface area contributed by atoms with Crippen molar-refractivity contribution < 1.29 is 19.5 Å². The van der Waals surface area contributed by atoms with Gasteiger partial charge in [0, 0.05) is 49.9 Å². The third kappa shape index (κ3) is 5.08. The second-order valence-corrected chi connectivity index (χ2v) is 8.09. The molecule has 2 atom stereocenters. The van der Waals surface area contributed by atoms with Crippen molar-refractivity contribution >= 4 is 29.3 Å². The third-order valence-corrected chi connectivity index (χ3v) is 5.98. The highest BCUT2D eigenvalue weighted by molar-refractivity contribution is 5.95. The number of nitrogens with two attached hydrogens (primary N) is 1. The Morgan fingerprint density at radius 3 is 2.43 bits per heavy atom. The number of hydrogen-bond donors (Lipinski definition) is 4. The van der Waals surface area contributed by atoms with E-state index in [1.807, 2.05) is 29.2 Å². The number of carbonyl (C=O) groups is 3. The van der Waals surface area contributed by atoms with Crippen LogP contribution in [0.3, 0.4) is 0 Å². The molecule has 3 rings (SSSR count). The molecule has 2 heterocycles. The summed E-state index contributed by atoms with van der Waals surface area (Å²) in [4.78, 5) is 39.3. The van der Waals surface area contributed by atoms with Crippen LogP contribution < -0.4 is 16.0 Å². The number of benzene rings is 1. The molecule has 0 radical (unpaired) electrons. The van der Waals surface area contributed by atoms with E-state index in [0.29, 0.717) is 18.5 Å². The first kappa shape index (κ1) is 21.6. The van der Waals surface area contributed by atoms with Gasteiger partial charge in [0.15, 0.2) is 0 Å². The van der Waals surface area contributed by atoms with Crippen molar-refractivity contribution in [2.45, 2.75) is 44.7 Å². The molecule has 1 aromatic rings. The molecule has 0 unspecified atom stereocenters. The molecule has 1 aromatic carbocycles. The minimum Gasteiger partial charge on any atom is -0.481 e. The fourth-order valence-electron chi connectivity index (χ4n) is 4.40. The minimum atomic E-state index is -0.983. The summed E-state index contributed by atoms with van der Waals surface area (Å²) < 4.78 is 0. The van der Waals surface area contributed by atoms with Crippen LogP contribution in [0.2, 0.25) is 0 Å². The smallest absolute Gasteiger partial charge is 0.304 e. The van der Waals surface area contributed by atoms with Crippen molar-refractivity contribution in [1.82, 2.24) is 10.2 Å². The van der Waals surface area contributed by atoms with Crippen LogP contribution in [0.15, 0.2) is 24.3 Å². The number of amidine groups is 1. The predicted molar refractivity (Wildman–Crippen MR) is 112 cm³/mol. The Labute approximate surface area is 175 Å². The Morgan fingerprint density at radius 2 is 1.90 bits per heavy atom. The van der Waals surface area contributed by atoms with Crippen LogP contribution in [-0.4, -0.2) is 65.3 Å². The van der Waals surface area contributed by atoms with Crippen molar-refractivity contribution in [3.8, 4) is 0 Å². The molecular formula is C21H29N5O4. The van der Waals surface area contributed by atoms with E-state index in [0.717, 1.165) is 31.6 Å². The number of nitrogen functional groups attached to an aromatic ring is 1. The van der Waals surface area contributed by atoms with E-state index < -0.39 is 11.9 Å². The molecule has 0 saturated carbocycles. The van der Waals surface area contributed by atoms with E-state index in [1.165, 1.54) is 0 Å². The Hall–Kier alpha value is -3.10. The van der Waals surface area contributed by atoms with E-state index in [-0.39, 0.29) is 36.2 Å². The molecule has 9 nitrogen and oxygen atoms in total. The zero-order chi connectivity index (χ0) is 21.8. The normalized spacial score (nSPS) is 21.9. The molecule has 0 aliphatic carbocycles. The minimum absolute atomic E-state index is 0.0322. The number of amides is 2. The van der Waals surface area contributed by atoms with Crippen LogP contribution in [0.4, 0.5) is 5.69 Å². The summed E-state index contributed by atoms with van der Waals surface area (Å²) in [6, 6.07) is 7.46. The number of piperidine rings is 1. The lowest BCUT2D eigenvalue weighted by Crippen LogP contribution is -2.50. The Balaban J connectivity index is 1.57. The second kappa shape index (κ2) is 9.15. The second-order valence-electron chi connectivity index (χ2n) is 8.09. The summed E-state index contributed by atoms with van der Waals surface area (Å²) in [6.07, 6.45) is 1.89. The van der Waals surface area contributed by atoms with E-state index in [1.54, 1.807) is 6.92 Å². The molecule has 2 aliphatic rings. The number of hydrogen-bond acceptors (Lipinski definition) is 5. The lowest BCUT2D eigenvalue weighted by molar-refractivity contribution is -0.140. The van der Waals surface area contributed by atoms with Gasteiger partial charge >= 0.3 is 5.97 Å². The van der Waals surface area contributed by atoms with Gasteiger partial charge in [-0.25, -0.2) is 0 Å². The van der Waals surface area contributed by atoms with E-state index in [2.05, 4.69) is 10.2 Å². The molecule has 2 aliphatic heterocycles. The van der Waals surface area contributed by atoms with Crippen molar-refractivity contribution in [3.05, 3.63) is 29.8 Å². The quantitative estimate of drug-likeness (QED) is 0.383. The zero-order valence-corrected chi connectivity index (χ0v) is 17.1. The topological polar surface area (TPSA) is 140 Å². The van der Waals surface area contributed by atoms with Crippen LogP contribution in [0, 0.1) is 11.3 Å². The number of carbonyl (C=O) groups excluding carboxylic acids is 2. The Bertz CT molecular complexity index is 817. The summed E-state index contributed by atoms with van der Waals surface area (Å²) in [5, 5.41) is 19.3. The van der Waals surface area contributed by atoms with Crippen LogP contribution in [0.5, 0.6) is 0 Å². The third-order valence-electron chi connectivity index (χ3n) is 5.98. The molecule has 162 valence electrons. The Morgan fingerprint density at radius 1 is 1.27 bits per heavy atom. The average molecular weight is 415 g/mol. The van der Waals surface area contributed by atoms with Gasteiger partial charge in [0.05, 0.1) is 12.3 Å². The molecule has 9 heteroatoms. The highest BCUT2D eigenvalue weighted by atomic mass is 16.4. The highest BCUT2D eigenvalue weighted by Gasteiger charge is 2.36. The van der Waals surface area contributed by atoms with Crippen LogP contribution in [0.25, 0.3) is 0 Å². The van der Waals surface area contributed by atoms with Gasteiger partial charge in [0.2, 0.25) is 11.8 Å². The largest absolute Gasteiger partial charge is 0.481 e. The molecule has 5 N–H and O–H groups in total. The molecule has 2 fully saturated rings. The van der Waals surface area contributed by atoms with Gasteiger partial charge in [0.25, 0.3) is 0 Å². The van der Waals surface area contributed by atoms with Gasteiger partial charge in [0.1, 0.15) is 5.84 Å². The number of nitrogens with one attached hydrogen (secondary N) is 2. The van der Waals surface area contributed by atoms with Crippen molar-refractivity contribution in [2.75, 3.05) is 24.5 Å². The number of carboxylic acid groups (broad SMARTS) is 1. The van der Waals surface area contributed by atoms with Crippen LogP contribution in [0.1, 0.15) is 38.2 Å². The fraction of sp³-hybridized carbons (Fsp3) is 0.524. The number of aliphatic carboxylic acids is 1. The van der Waals surface area contributed by atoms with Gasteiger partial charge < -0.3 is 26.0 Å².